The summed E-state index contributed by atoms with van der Waals surface area (Å²) in [6.45, 7) is 5.20. The van der Waals surface area contributed by atoms with Gasteiger partial charge < -0.3 is 15.3 Å². The minimum Gasteiger partial charge on any atom is -0.394 e. The number of aliphatic hydroxyl groups excluding tert-OH is 1. The molecule has 1 atom stereocenters. The van der Waals surface area contributed by atoms with Crippen molar-refractivity contribution in [2.24, 2.45) is 0 Å². The summed E-state index contributed by atoms with van der Waals surface area (Å²) in [5, 5.41) is 12.6. The first kappa shape index (κ1) is 11.4. The predicted molar refractivity (Wildman–Crippen MR) is 66.9 cm³/mol. The molecule has 88 valence electrons. The number of hydrogen-bond donors (Lipinski definition) is 2. The van der Waals surface area contributed by atoms with E-state index in [1.807, 2.05) is 0 Å². The van der Waals surface area contributed by atoms with Gasteiger partial charge in [0.15, 0.2) is 0 Å². The van der Waals surface area contributed by atoms with Gasteiger partial charge in [-0.15, -0.1) is 0 Å². The molecule has 0 radical (unpaired) electrons. The molecule has 2 rings (SSSR count). The maximum atomic E-state index is 9.34. The summed E-state index contributed by atoms with van der Waals surface area (Å²) in [5.74, 6) is 0. The van der Waals surface area contributed by atoms with Crippen LogP contribution in [0.4, 0.5) is 5.69 Å². The zero-order valence-corrected chi connectivity index (χ0v) is 9.82. The third-order valence-corrected chi connectivity index (χ3v) is 3.24. The van der Waals surface area contributed by atoms with E-state index in [9.17, 15) is 5.11 Å². The van der Waals surface area contributed by atoms with Crippen LogP contribution >= 0.6 is 0 Å². The van der Waals surface area contributed by atoms with Gasteiger partial charge in [-0.2, -0.15) is 0 Å². The van der Waals surface area contributed by atoms with E-state index >= 15 is 0 Å². The van der Waals surface area contributed by atoms with Crippen LogP contribution in [-0.4, -0.2) is 37.4 Å². The van der Waals surface area contributed by atoms with Crippen molar-refractivity contribution < 1.29 is 5.11 Å². The highest BCUT2D eigenvalue weighted by atomic mass is 16.3. The number of aliphatic hydroxyl groups is 1. The Morgan fingerprint density at radius 3 is 2.75 bits per heavy atom. The van der Waals surface area contributed by atoms with E-state index in [1.165, 1.54) is 11.3 Å². The number of piperazine rings is 1. The van der Waals surface area contributed by atoms with Gasteiger partial charge in [-0.1, -0.05) is 19.1 Å². The SMILES string of the molecule is CCc1ccc(N2CCNCC2CO)cc1. The van der Waals surface area contributed by atoms with Gasteiger partial charge in [0.25, 0.3) is 0 Å². The van der Waals surface area contributed by atoms with Crippen LogP contribution in [0.2, 0.25) is 0 Å². The lowest BCUT2D eigenvalue weighted by Gasteiger charge is -2.37. The zero-order chi connectivity index (χ0) is 11.4. The van der Waals surface area contributed by atoms with Gasteiger partial charge in [-0.3, -0.25) is 0 Å². The van der Waals surface area contributed by atoms with Crippen LogP contribution in [0.3, 0.4) is 0 Å². The minimum atomic E-state index is 0.209. The molecule has 1 fully saturated rings. The van der Waals surface area contributed by atoms with Crippen molar-refractivity contribution in [3.8, 4) is 0 Å². The van der Waals surface area contributed by atoms with E-state index in [-0.39, 0.29) is 12.6 Å². The molecule has 0 aliphatic carbocycles. The third-order valence-electron chi connectivity index (χ3n) is 3.24. The molecule has 0 saturated carbocycles. The summed E-state index contributed by atoms with van der Waals surface area (Å²) in [7, 11) is 0. The van der Waals surface area contributed by atoms with Gasteiger partial charge in [-0.25, -0.2) is 0 Å². The number of hydrogen-bond acceptors (Lipinski definition) is 3. The maximum Gasteiger partial charge on any atom is 0.0647 e. The molecule has 1 unspecified atom stereocenters. The second-order valence-electron chi connectivity index (χ2n) is 4.25. The first-order valence-electron chi connectivity index (χ1n) is 6.02. The van der Waals surface area contributed by atoms with E-state index in [1.54, 1.807) is 0 Å². The van der Waals surface area contributed by atoms with Crippen molar-refractivity contribution in [1.29, 1.82) is 0 Å². The van der Waals surface area contributed by atoms with Gasteiger partial charge in [0.05, 0.1) is 12.6 Å². The Morgan fingerprint density at radius 2 is 2.12 bits per heavy atom. The summed E-state index contributed by atoms with van der Waals surface area (Å²) < 4.78 is 0. The topological polar surface area (TPSA) is 35.5 Å². The molecule has 1 aromatic carbocycles. The number of rotatable bonds is 3. The lowest BCUT2D eigenvalue weighted by Crippen LogP contribution is -2.53. The van der Waals surface area contributed by atoms with Gasteiger partial charge in [0.2, 0.25) is 0 Å². The largest absolute Gasteiger partial charge is 0.394 e. The first-order chi connectivity index (χ1) is 7.85. The van der Waals surface area contributed by atoms with Gasteiger partial charge >= 0.3 is 0 Å². The predicted octanol–water partition coefficient (Wildman–Crippen LogP) is 1.02. The maximum absolute atomic E-state index is 9.34. The van der Waals surface area contributed by atoms with Crippen molar-refractivity contribution in [1.82, 2.24) is 5.32 Å². The minimum absolute atomic E-state index is 0.209. The molecule has 1 aliphatic rings. The lowest BCUT2D eigenvalue weighted by molar-refractivity contribution is 0.246. The van der Waals surface area contributed by atoms with Gasteiger partial charge in [-0.05, 0) is 24.1 Å². The Hall–Kier alpha value is -1.06. The Labute approximate surface area is 97.1 Å². The summed E-state index contributed by atoms with van der Waals surface area (Å²) in [5.41, 5.74) is 2.58. The number of benzene rings is 1. The second-order valence-corrected chi connectivity index (χ2v) is 4.25. The summed E-state index contributed by atoms with van der Waals surface area (Å²) >= 11 is 0. The number of nitrogens with zero attached hydrogens (tertiary/aromatic N) is 1. The molecule has 0 bridgehead atoms. The molecular formula is C13H20N2O. The highest BCUT2D eigenvalue weighted by Crippen LogP contribution is 2.19. The molecule has 2 N–H and O–H groups in total. The molecule has 3 heteroatoms. The van der Waals surface area contributed by atoms with Crippen molar-refractivity contribution in [2.45, 2.75) is 19.4 Å². The fourth-order valence-corrected chi connectivity index (χ4v) is 2.19. The van der Waals surface area contributed by atoms with Crippen LogP contribution in [0.25, 0.3) is 0 Å². The molecule has 0 spiro atoms. The van der Waals surface area contributed by atoms with Crippen LogP contribution in [0.5, 0.6) is 0 Å². The number of nitrogens with one attached hydrogen (secondary N) is 1. The molecule has 3 nitrogen and oxygen atoms in total. The lowest BCUT2D eigenvalue weighted by atomic mass is 10.1. The van der Waals surface area contributed by atoms with Crippen LogP contribution in [-0.2, 0) is 6.42 Å². The average molecular weight is 220 g/mol. The Bertz CT molecular complexity index is 323. The molecule has 1 heterocycles. The van der Waals surface area contributed by atoms with Gasteiger partial charge in [0.1, 0.15) is 0 Å². The Balaban J connectivity index is 2.14. The third kappa shape index (κ3) is 2.36. The molecule has 16 heavy (non-hydrogen) atoms. The molecule has 1 aromatic rings. The fourth-order valence-electron chi connectivity index (χ4n) is 2.19. The summed E-state index contributed by atoms with van der Waals surface area (Å²) in [6.07, 6.45) is 1.07. The molecule has 1 saturated heterocycles. The summed E-state index contributed by atoms with van der Waals surface area (Å²) in [6, 6.07) is 8.87. The fraction of sp³-hybridized carbons (Fsp3) is 0.538. The Morgan fingerprint density at radius 1 is 1.38 bits per heavy atom. The molecule has 0 amide bonds. The van der Waals surface area contributed by atoms with E-state index < -0.39 is 0 Å². The quantitative estimate of drug-likeness (QED) is 0.798. The highest BCUT2D eigenvalue weighted by Gasteiger charge is 2.21. The smallest absolute Gasteiger partial charge is 0.0647 e. The van der Waals surface area contributed by atoms with Crippen LogP contribution in [0, 0.1) is 0 Å². The number of aryl methyl sites for hydroxylation is 1. The van der Waals surface area contributed by atoms with Crippen LogP contribution < -0.4 is 10.2 Å². The van der Waals surface area contributed by atoms with Gasteiger partial charge in [0, 0.05) is 25.3 Å². The van der Waals surface area contributed by atoms with Crippen LogP contribution in [0.15, 0.2) is 24.3 Å². The van der Waals surface area contributed by atoms with Crippen molar-refractivity contribution in [2.75, 3.05) is 31.1 Å². The van der Waals surface area contributed by atoms with E-state index in [0.29, 0.717) is 0 Å². The monoisotopic (exact) mass is 220 g/mol. The highest BCUT2D eigenvalue weighted by molar-refractivity contribution is 5.49. The van der Waals surface area contributed by atoms with Crippen molar-refractivity contribution in [3.05, 3.63) is 29.8 Å². The number of anilines is 1. The molecule has 1 aliphatic heterocycles. The normalized spacial score (nSPS) is 21.1. The average Bonchev–Trinajstić information content (AvgIpc) is 2.39. The van der Waals surface area contributed by atoms with E-state index in [2.05, 4.69) is 41.4 Å². The second kappa shape index (κ2) is 5.32. The van der Waals surface area contributed by atoms with Crippen molar-refractivity contribution >= 4 is 5.69 Å². The van der Waals surface area contributed by atoms with Crippen molar-refractivity contribution in [3.63, 3.8) is 0 Å². The zero-order valence-electron chi connectivity index (χ0n) is 9.82. The van der Waals surface area contributed by atoms with E-state index in [0.717, 1.165) is 26.1 Å². The standard InChI is InChI=1S/C13H20N2O/c1-2-11-3-5-12(6-4-11)15-8-7-14-9-13(15)10-16/h3-6,13-14,16H,2,7-10H2,1H3. The van der Waals surface area contributed by atoms with Crippen LogP contribution in [0.1, 0.15) is 12.5 Å². The first-order valence-corrected chi connectivity index (χ1v) is 6.02. The summed E-state index contributed by atoms with van der Waals surface area (Å²) in [4.78, 5) is 2.29. The van der Waals surface area contributed by atoms with E-state index in [4.69, 9.17) is 0 Å². The Kier molecular flexibility index (Phi) is 3.80. The molecular weight excluding hydrogens is 200 g/mol. The molecule has 0 aromatic heterocycles.